The molecule has 0 radical (unpaired) electrons. The van der Waals surface area contributed by atoms with E-state index in [0.717, 1.165) is 18.2 Å². The second-order valence-electron chi connectivity index (χ2n) is 6.86. The number of nitrogens with one attached hydrogen (secondary N) is 1. The highest BCUT2D eigenvalue weighted by Crippen LogP contribution is 2.41. The van der Waals surface area contributed by atoms with Crippen LogP contribution in [0.25, 0.3) is 11.3 Å². The van der Waals surface area contributed by atoms with Crippen molar-refractivity contribution in [2.24, 2.45) is 0 Å². The van der Waals surface area contributed by atoms with Gasteiger partial charge in [0.1, 0.15) is 5.75 Å². The first-order valence-corrected chi connectivity index (χ1v) is 8.82. The Bertz CT molecular complexity index is 1200. The van der Waals surface area contributed by atoms with Gasteiger partial charge in [-0.1, -0.05) is 0 Å². The molecule has 0 aliphatic carbocycles. The molecule has 158 valence electrons. The number of benzene rings is 1. The Hall–Kier alpha value is -3.23. The Morgan fingerprint density at radius 2 is 1.67 bits per heavy atom. The van der Waals surface area contributed by atoms with Crippen LogP contribution < -0.4 is 10.2 Å². The van der Waals surface area contributed by atoms with E-state index in [4.69, 9.17) is 4.74 Å². The Kier molecular flexibility index (Phi) is 5.40. The van der Waals surface area contributed by atoms with Crippen molar-refractivity contribution in [3.8, 4) is 22.9 Å². The summed E-state index contributed by atoms with van der Waals surface area (Å²) in [6.07, 6.45) is -4.09. The van der Waals surface area contributed by atoms with Gasteiger partial charge in [0.15, 0.2) is 17.1 Å². The van der Waals surface area contributed by atoms with Crippen LogP contribution in [0.15, 0.2) is 29.2 Å². The van der Waals surface area contributed by atoms with Crippen LogP contribution in [0.2, 0.25) is 0 Å². The summed E-state index contributed by atoms with van der Waals surface area (Å²) in [6, 6.07) is 3.14. The van der Waals surface area contributed by atoms with Crippen molar-refractivity contribution in [2.75, 3.05) is 0 Å². The molecule has 9 heteroatoms. The molecule has 30 heavy (non-hydrogen) atoms. The van der Waals surface area contributed by atoms with E-state index in [1.165, 1.54) is 13.8 Å². The van der Waals surface area contributed by atoms with Gasteiger partial charge in [0, 0.05) is 29.1 Å². The lowest BCUT2D eigenvalue weighted by Gasteiger charge is -2.18. The molecule has 3 rings (SSSR count). The van der Waals surface area contributed by atoms with Crippen molar-refractivity contribution < 1.29 is 26.7 Å². The van der Waals surface area contributed by atoms with E-state index >= 15 is 0 Å². The molecule has 0 aliphatic rings. The van der Waals surface area contributed by atoms with Crippen molar-refractivity contribution in [2.45, 2.75) is 33.9 Å². The Balaban J connectivity index is 2.28. The van der Waals surface area contributed by atoms with Crippen LogP contribution >= 0.6 is 0 Å². The van der Waals surface area contributed by atoms with Gasteiger partial charge in [0.25, 0.3) is 0 Å². The number of hydrogen-bond acceptors (Lipinski definition) is 3. The van der Waals surface area contributed by atoms with Crippen LogP contribution in [0.5, 0.6) is 11.6 Å². The molecule has 2 heterocycles. The van der Waals surface area contributed by atoms with E-state index in [9.17, 15) is 26.7 Å². The summed E-state index contributed by atoms with van der Waals surface area (Å²) in [6.45, 7) is 5.68. The van der Waals surface area contributed by atoms with Crippen LogP contribution in [0.1, 0.15) is 27.9 Å². The van der Waals surface area contributed by atoms with Crippen LogP contribution in [0.4, 0.5) is 22.0 Å². The second-order valence-corrected chi connectivity index (χ2v) is 6.86. The standard InChI is InChI=1S/C21H17F5N2O2/c1-9-12(4)28-15(7-16(9)29)18-10(2)13(21(24,25)26)8-27-20(18)30-17-6-5-14(22)19(23)11(17)3/h5-8H,1-4H3,(H,28,29). The Morgan fingerprint density at radius 3 is 2.27 bits per heavy atom. The number of aryl methyl sites for hydroxylation is 1. The van der Waals surface area contributed by atoms with Gasteiger partial charge in [-0.3, -0.25) is 4.79 Å². The summed E-state index contributed by atoms with van der Waals surface area (Å²) < 4.78 is 73.2. The molecular weight excluding hydrogens is 407 g/mol. The molecule has 0 saturated carbocycles. The number of ether oxygens (including phenoxy) is 1. The zero-order chi connectivity index (χ0) is 22.4. The topological polar surface area (TPSA) is 55.0 Å². The van der Waals surface area contributed by atoms with E-state index in [1.54, 1.807) is 13.8 Å². The smallest absolute Gasteiger partial charge is 0.418 e. The van der Waals surface area contributed by atoms with Crippen molar-refractivity contribution in [1.29, 1.82) is 0 Å². The molecule has 0 saturated heterocycles. The number of halogens is 5. The van der Waals surface area contributed by atoms with Gasteiger partial charge in [-0.25, -0.2) is 13.8 Å². The van der Waals surface area contributed by atoms with Gasteiger partial charge in [0.05, 0.1) is 16.8 Å². The maximum Gasteiger partial charge on any atom is 0.418 e. The predicted molar refractivity (Wildman–Crippen MR) is 101 cm³/mol. The van der Waals surface area contributed by atoms with Gasteiger partial charge >= 0.3 is 6.18 Å². The zero-order valence-corrected chi connectivity index (χ0v) is 16.5. The lowest BCUT2D eigenvalue weighted by Crippen LogP contribution is -2.13. The number of H-pyrrole nitrogens is 1. The van der Waals surface area contributed by atoms with Gasteiger partial charge in [0.2, 0.25) is 5.88 Å². The fourth-order valence-corrected chi connectivity index (χ4v) is 3.00. The lowest BCUT2D eigenvalue weighted by atomic mass is 10.0. The van der Waals surface area contributed by atoms with E-state index in [0.29, 0.717) is 17.5 Å². The van der Waals surface area contributed by atoms with Crippen molar-refractivity contribution in [1.82, 2.24) is 9.97 Å². The minimum Gasteiger partial charge on any atom is -0.438 e. The molecule has 3 aromatic rings. The summed E-state index contributed by atoms with van der Waals surface area (Å²) in [4.78, 5) is 18.9. The van der Waals surface area contributed by atoms with E-state index in [-0.39, 0.29) is 39.4 Å². The first-order valence-electron chi connectivity index (χ1n) is 8.82. The van der Waals surface area contributed by atoms with Gasteiger partial charge in [-0.2, -0.15) is 13.2 Å². The van der Waals surface area contributed by atoms with E-state index in [2.05, 4.69) is 9.97 Å². The van der Waals surface area contributed by atoms with E-state index in [1.807, 2.05) is 0 Å². The van der Waals surface area contributed by atoms with Crippen LogP contribution in [0, 0.1) is 39.3 Å². The van der Waals surface area contributed by atoms with E-state index < -0.39 is 23.4 Å². The average molecular weight is 424 g/mol. The maximum absolute atomic E-state index is 13.9. The number of rotatable bonds is 3. The molecule has 4 nitrogen and oxygen atoms in total. The molecular formula is C21H17F5N2O2. The fourth-order valence-electron chi connectivity index (χ4n) is 3.00. The molecule has 2 aromatic heterocycles. The van der Waals surface area contributed by atoms with Crippen LogP contribution in [-0.4, -0.2) is 9.97 Å². The molecule has 0 unspecified atom stereocenters. The summed E-state index contributed by atoms with van der Waals surface area (Å²) in [7, 11) is 0. The molecule has 1 aromatic carbocycles. The average Bonchev–Trinajstić information content (AvgIpc) is 2.65. The summed E-state index contributed by atoms with van der Waals surface area (Å²) in [5.41, 5.74) is -0.956. The normalized spacial score (nSPS) is 11.6. The largest absolute Gasteiger partial charge is 0.438 e. The molecule has 0 bridgehead atoms. The highest BCUT2D eigenvalue weighted by Gasteiger charge is 2.35. The first-order chi connectivity index (χ1) is 13.9. The third-order valence-corrected chi connectivity index (χ3v) is 4.90. The number of pyridine rings is 2. The summed E-state index contributed by atoms with van der Waals surface area (Å²) in [5.74, 6) is -2.63. The van der Waals surface area contributed by atoms with Crippen LogP contribution in [-0.2, 0) is 6.18 Å². The highest BCUT2D eigenvalue weighted by molar-refractivity contribution is 5.71. The molecule has 0 amide bonds. The Labute approximate surface area is 168 Å². The van der Waals surface area contributed by atoms with Crippen LogP contribution in [0.3, 0.4) is 0 Å². The SMILES string of the molecule is Cc1[nH]c(-c2c(Oc3ccc(F)c(F)c3C)ncc(C(F)(F)F)c2C)cc(=O)c1C. The number of alkyl halides is 3. The predicted octanol–water partition coefficient (Wildman–Crippen LogP) is 5.76. The highest BCUT2D eigenvalue weighted by atomic mass is 19.4. The number of hydrogen-bond donors (Lipinski definition) is 1. The quantitative estimate of drug-likeness (QED) is 0.544. The summed E-state index contributed by atoms with van der Waals surface area (Å²) >= 11 is 0. The fraction of sp³-hybridized carbons (Fsp3) is 0.238. The minimum absolute atomic E-state index is 0.0643. The maximum atomic E-state index is 13.9. The minimum atomic E-state index is -4.69. The number of aromatic nitrogens is 2. The molecule has 0 fully saturated rings. The van der Waals surface area contributed by atoms with Crippen molar-refractivity contribution in [3.63, 3.8) is 0 Å². The van der Waals surface area contributed by atoms with Gasteiger partial charge in [-0.15, -0.1) is 0 Å². The van der Waals surface area contributed by atoms with Crippen molar-refractivity contribution >= 4 is 0 Å². The molecule has 0 aliphatic heterocycles. The Morgan fingerprint density at radius 1 is 1.00 bits per heavy atom. The number of aromatic amines is 1. The monoisotopic (exact) mass is 424 g/mol. The third-order valence-electron chi connectivity index (χ3n) is 4.90. The zero-order valence-electron chi connectivity index (χ0n) is 16.5. The number of nitrogens with zero attached hydrogens (tertiary/aromatic N) is 1. The summed E-state index contributed by atoms with van der Waals surface area (Å²) in [5, 5.41) is 0. The van der Waals surface area contributed by atoms with Crippen molar-refractivity contribution in [3.05, 3.63) is 74.2 Å². The molecule has 1 N–H and O–H groups in total. The van der Waals surface area contributed by atoms with Gasteiger partial charge < -0.3 is 9.72 Å². The molecule has 0 atom stereocenters. The lowest BCUT2D eigenvalue weighted by molar-refractivity contribution is -0.138. The molecule has 0 spiro atoms. The second kappa shape index (κ2) is 7.55. The third kappa shape index (κ3) is 3.79. The first kappa shape index (κ1) is 21.5. The van der Waals surface area contributed by atoms with Gasteiger partial charge in [-0.05, 0) is 45.4 Å².